The Morgan fingerprint density at radius 1 is 0.822 bits per heavy atom. The smallest absolute Gasteiger partial charge is 0.264 e. The van der Waals surface area contributed by atoms with E-state index in [0.717, 1.165) is 38.5 Å². The number of amides is 2. The Hall–Kier alpha value is -4.14. The molecule has 2 amide bonds. The highest BCUT2D eigenvalue weighted by Gasteiger charge is 2.34. The zero-order valence-corrected chi connectivity index (χ0v) is 27.7. The van der Waals surface area contributed by atoms with Crippen molar-refractivity contribution in [1.82, 2.24) is 10.2 Å². The number of sulfonamides is 1. The first-order valence-electron chi connectivity index (χ1n) is 15.0. The highest BCUT2D eigenvalue weighted by molar-refractivity contribution is 7.92. The minimum absolute atomic E-state index is 0.0573. The second-order valence-corrected chi connectivity index (χ2v) is 13.5. The molecule has 7 nitrogen and oxygen atoms in total. The number of aryl methyl sites for hydroxylation is 3. The first-order valence-corrected chi connectivity index (χ1v) is 16.8. The molecule has 0 aliphatic heterocycles. The fourth-order valence-corrected chi connectivity index (χ4v) is 6.62. The number of nitrogens with one attached hydrogen (secondary N) is 1. The Morgan fingerprint density at radius 3 is 2.16 bits per heavy atom. The minimum Gasteiger partial charge on any atom is -0.354 e. The van der Waals surface area contributed by atoms with Gasteiger partial charge in [0.2, 0.25) is 11.8 Å². The predicted molar refractivity (Wildman–Crippen MR) is 181 cm³/mol. The second kappa shape index (κ2) is 15.2. The van der Waals surface area contributed by atoms with Crippen LogP contribution in [0.25, 0.3) is 0 Å². The van der Waals surface area contributed by atoms with Gasteiger partial charge in [-0.05, 0) is 85.8 Å². The van der Waals surface area contributed by atoms with E-state index >= 15 is 0 Å². The van der Waals surface area contributed by atoms with Crippen LogP contribution < -0.4 is 9.62 Å². The lowest BCUT2D eigenvalue weighted by molar-refractivity contribution is -0.140. The number of halogens is 1. The van der Waals surface area contributed by atoms with Crippen LogP contribution in [0.15, 0.2) is 102 Å². The summed E-state index contributed by atoms with van der Waals surface area (Å²) in [5.74, 6) is -0.827. The summed E-state index contributed by atoms with van der Waals surface area (Å²) in [5, 5.41) is 3.45. The van der Waals surface area contributed by atoms with Gasteiger partial charge < -0.3 is 10.2 Å². The molecule has 1 atom stereocenters. The van der Waals surface area contributed by atoms with E-state index in [2.05, 4.69) is 5.32 Å². The average molecular weight is 646 g/mol. The van der Waals surface area contributed by atoms with E-state index in [4.69, 9.17) is 11.6 Å². The van der Waals surface area contributed by atoms with E-state index in [1.807, 2.05) is 70.2 Å². The third-order valence-corrected chi connectivity index (χ3v) is 9.75. The van der Waals surface area contributed by atoms with Gasteiger partial charge in [-0.3, -0.25) is 13.9 Å². The molecule has 4 aromatic rings. The molecular weight excluding hydrogens is 606 g/mol. The molecule has 0 aliphatic carbocycles. The molecule has 0 aromatic heterocycles. The quantitative estimate of drug-likeness (QED) is 0.177. The molecule has 1 unspecified atom stereocenters. The maximum Gasteiger partial charge on any atom is 0.264 e. The standard InChI is InChI=1S/C36H40ClN3O4S/c1-5-20-38-36(42)34(23-29-10-7-6-8-11-29)39(24-30-12-9-13-31(37)22-30)35(41)25-40(32-17-16-27(3)28(4)21-32)45(43,44)33-18-14-26(2)15-19-33/h6-19,21-22,34H,5,20,23-25H2,1-4H3,(H,38,42). The van der Waals surface area contributed by atoms with Crippen molar-refractivity contribution >= 4 is 39.1 Å². The van der Waals surface area contributed by atoms with E-state index in [9.17, 15) is 18.0 Å². The Morgan fingerprint density at radius 2 is 1.51 bits per heavy atom. The lowest BCUT2D eigenvalue weighted by atomic mass is 10.0. The van der Waals surface area contributed by atoms with Crippen LogP contribution in [0.5, 0.6) is 0 Å². The third kappa shape index (κ3) is 8.74. The van der Waals surface area contributed by atoms with Gasteiger partial charge >= 0.3 is 0 Å². The van der Waals surface area contributed by atoms with Crippen molar-refractivity contribution in [3.05, 3.63) is 130 Å². The van der Waals surface area contributed by atoms with Gasteiger partial charge in [-0.15, -0.1) is 0 Å². The normalized spacial score (nSPS) is 11.9. The topological polar surface area (TPSA) is 86.8 Å². The van der Waals surface area contributed by atoms with Gasteiger partial charge in [-0.2, -0.15) is 0 Å². The molecule has 0 spiro atoms. The Balaban J connectivity index is 1.81. The molecule has 0 aliphatic rings. The minimum atomic E-state index is -4.16. The molecule has 0 heterocycles. The number of anilines is 1. The maximum atomic E-state index is 14.5. The molecular formula is C36H40ClN3O4S. The van der Waals surface area contributed by atoms with Gasteiger partial charge in [-0.25, -0.2) is 8.42 Å². The van der Waals surface area contributed by atoms with Crippen LogP contribution in [0.2, 0.25) is 5.02 Å². The van der Waals surface area contributed by atoms with Gasteiger partial charge in [0.25, 0.3) is 10.0 Å². The Bertz CT molecular complexity index is 1730. The summed E-state index contributed by atoms with van der Waals surface area (Å²) >= 11 is 6.31. The summed E-state index contributed by atoms with van der Waals surface area (Å²) in [4.78, 5) is 29.8. The third-order valence-electron chi connectivity index (χ3n) is 7.73. The monoisotopic (exact) mass is 645 g/mol. The predicted octanol–water partition coefficient (Wildman–Crippen LogP) is 6.63. The van der Waals surface area contributed by atoms with Crippen molar-refractivity contribution in [2.75, 3.05) is 17.4 Å². The summed E-state index contributed by atoms with van der Waals surface area (Å²) in [6.45, 7) is 7.67. The zero-order valence-electron chi connectivity index (χ0n) is 26.2. The van der Waals surface area contributed by atoms with Crippen LogP contribution in [0.4, 0.5) is 5.69 Å². The van der Waals surface area contributed by atoms with Gasteiger partial charge in [0.05, 0.1) is 10.6 Å². The van der Waals surface area contributed by atoms with Crippen LogP contribution in [-0.4, -0.2) is 44.3 Å². The van der Waals surface area contributed by atoms with Crippen LogP contribution in [-0.2, 0) is 32.6 Å². The van der Waals surface area contributed by atoms with Gasteiger partial charge in [0.15, 0.2) is 0 Å². The lowest BCUT2D eigenvalue weighted by Crippen LogP contribution is -2.53. The summed E-state index contributed by atoms with van der Waals surface area (Å²) in [6, 6.07) is 27.5. The number of benzene rings is 4. The molecule has 0 fully saturated rings. The van der Waals surface area contributed by atoms with E-state index < -0.39 is 28.5 Å². The largest absolute Gasteiger partial charge is 0.354 e. The van der Waals surface area contributed by atoms with Crippen molar-refractivity contribution in [3.8, 4) is 0 Å². The summed E-state index contributed by atoms with van der Waals surface area (Å²) < 4.78 is 29.5. The molecule has 4 aromatic carbocycles. The molecule has 4 rings (SSSR count). The van der Waals surface area contributed by atoms with Crippen molar-refractivity contribution in [3.63, 3.8) is 0 Å². The zero-order chi connectivity index (χ0) is 32.6. The van der Waals surface area contributed by atoms with Gasteiger partial charge in [0, 0.05) is 24.5 Å². The molecule has 9 heteroatoms. The lowest BCUT2D eigenvalue weighted by Gasteiger charge is -2.34. The molecule has 0 saturated heterocycles. The molecule has 0 saturated carbocycles. The number of rotatable bonds is 13. The fraction of sp³-hybridized carbons (Fsp3) is 0.278. The maximum absolute atomic E-state index is 14.5. The van der Waals surface area contributed by atoms with Crippen molar-refractivity contribution < 1.29 is 18.0 Å². The average Bonchev–Trinajstić information content (AvgIpc) is 3.02. The van der Waals surface area contributed by atoms with Crippen molar-refractivity contribution in [1.29, 1.82) is 0 Å². The summed E-state index contributed by atoms with van der Waals surface area (Å²) in [6.07, 6.45) is 0.971. The number of carbonyl (C=O) groups is 2. The first kappa shape index (κ1) is 33.7. The van der Waals surface area contributed by atoms with Crippen LogP contribution in [0, 0.1) is 20.8 Å². The number of hydrogen-bond acceptors (Lipinski definition) is 4. The van der Waals surface area contributed by atoms with Crippen LogP contribution in [0.3, 0.4) is 0 Å². The Kier molecular flexibility index (Phi) is 11.4. The van der Waals surface area contributed by atoms with Gasteiger partial charge in [-0.1, -0.05) is 84.8 Å². The highest BCUT2D eigenvalue weighted by Crippen LogP contribution is 2.27. The van der Waals surface area contributed by atoms with E-state index in [1.54, 1.807) is 54.6 Å². The van der Waals surface area contributed by atoms with Gasteiger partial charge in [0.1, 0.15) is 12.6 Å². The second-order valence-electron chi connectivity index (χ2n) is 11.2. The fourth-order valence-electron chi connectivity index (χ4n) is 5.00. The number of hydrogen-bond donors (Lipinski definition) is 1. The van der Waals surface area contributed by atoms with Crippen LogP contribution >= 0.6 is 11.6 Å². The summed E-state index contributed by atoms with van der Waals surface area (Å²) in [5.41, 5.74) is 4.76. The highest BCUT2D eigenvalue weighted by atomic mass is 35.5. The molecule has 0 radical (unpaired) electrons. The molecule has 45 heavy (non-hydrogen) atoms. The number of nitrogens with zero attached hydrogens (tertiary/aromatic N) is 2. The van der Waals surface area contributed by atoms with E-state index in [0.29, 0.717) is 17.3 Å². The summed E-state index contributed by atoms with van der Waals surface area (Å²) in [7, 11) is -4.16. The molecule has 236 valence electrons. The van der Waals surface area contributed by atoms with Crippen molar-refractivity contribution in [2.45, 2.75) is 58.0 Å². The molecule has 0 bridgehead atoms. The van der Waals surface area contributed by atoms with E-state index in [1.165, 1.54) is 4.90 Å². The molecule has 1 N–H and O–H groups in total. The number of carbonyl (C=O) groups excluding carboxylic acids is 2. The Labute approximate surface area is 271 Å². The SMILES string of the molecule is CCCNC(=O)C(Cc1ccccc1)N(Cc1cccc(Cl)c1)C(=O)CN(c1ccc(C)c(C)c1)S(=O)(=O)c1ccc(C)cc1. The van der Waals surface area contributed by atoms with Crippen molar-refractivity contribution in [2.24, 2.45) is 0 Å². The van der Waals surface area contributed by atoms with E-state index in [-0.39, 0.29) is 23.8 Å². The first-order chi connectivity index (χ1) is 21.5. The van der Waals surface area contributed by atoms with Crippen LogP contribution in [0.1, 0.15) is 41.2 Å².